The lowest BCUT2D eigenvalue weighted by atomic mass is 10.2. The molecule has 0 aliphatic heterocycles. The fraction of sp³-hybridized carbons (Fsp3) is 0.176. The van der Waals surface area contributed by atoms with Gasteiger partial charge in [0.05, 0.1) is 10.9 Å². The number of hydrogen-bond donors (Lipinski definition) is 2. The lowest BCUT2D eigenvalue weighted by Crippen LogP contribution is -2.30. The van der Waals surface area contributed by atoms with Crippen LogP contribution in [-0.2, 0) is 0 Å². The fourth-order valence-electron chi connectivity index (χ4n) is 2.70. The number of benzene rings is 1. The summed E-state index contributed by atoms with van der Waals surface area (Å²) in [5.74, 6) is -0.361. The van der Waals surface area contributed by atoms with Crippen molar-refractivity contribution in [3.05, 3.63) is 66.5 Å². The summed E-state index contributed by atoms with van der Waals surface area (Å²) in [6.07, 6.45) is 3.17. The molecule has 2 heterocycles. The Kier molecular flexibility index (Phi) is 3.91. The lowest BCUT2D eigenvalue weighted by Gasteiger charge is -2.09. The number of carbonyl (C=O) groups excluding carboxylic acids is 1. The van der Waals surface area contributed by atoms with Crippen LogP contribution in [0.15, 0.2) is 46.1 Å². The number of nitrogens with one attached hydrogen (secondary N) is 2. The Labute approximate surface area is 155 Å². The van der Waals surface area contributed by atoms with E-state index in [-0.39, 0.29) is 22.9 Å². The second-order valence-corrected chi connectivity index (χ2v) is 7.17. The average molecular weight is 448 g/mol. The first kappa shape index (κ1) is 16.0. The molecule has 2 N–H and O–H groups in total. The highest BCUT2D eigenvalue weighted by molar-refractivity contribution is 14.1. The van der Waals surface area contributed by atoms with Crippen molar-refractivity contribution in [3.8, 4) is 0 Å². The third-order valence-corrected chi connectivity index (χ3v) is 4.71. The van der Waals surface area contributed by atoms with Crippen LogP contribution in [0.2, 0.25) is 0 Å². The number of rotatable bonds is 3. The van der Waals surface area contributed by atoms with Gasteiger partial charge in [0, 0.05) is 21.5 Å². The van der Waals surface area contributed by atoms with Crippen molar-refractivity contribution in [3.63, 3.8) is 0 Å². The molecule has 0 atom stereocenters. The maximum absolute atomic E-state index is 12.4. The van der Waals surface area contributed by atoms with E-state index in [2.05, 4.69) is 37.9 Å². The molecule has 4 rings (SSSR count). The minimum absolute atomic E-state index is 0.0745. The second kappa shape index (κ2) is 6.10. The number of amides is 1. The Bertz CT molecular complexity index is 1110. The molecule has 0 radical (unpaired) electrons. The van der Waals surface area contributed by atoms with Gasteiger partial charge in [-0.15, -0.1) is 0 Å². The highest BCUT2D eigenvalue weighted by Gasteiger charge is 2.27. The molecule has 0 spiro atoms. The van der Waals surface area contributed by atoms with Gasteiger partial charge in [0.15, 0.2) is 0 Å². The number of fused-ring (bicyclic) bond motifs is 1. The third-order valence-electron chi connectivity index (χ3n) is 4.04. The Morgan fingerprint density at radius 1 is 1.28 bits per heavy atom. The summed E-state index contributed by atoms with van der Waals surface area (Å²) in [5.41, 5.74) is 0.255. The second-order valence-electron chi connectivity index (χ2n) is 5.92. The largest absolute Gasteiger partial charge is 0.330 e. The van der Waals surface area contributed by atoms with Gasteiger partial charge in [0.2, 0.25) is 0 Å². The number of hydrogen-bond acceptors (Lipinski definition) is 4. The van der Waals surface area contributed by atoms with Crippen LogP contribution in [0, 0.1) is 3.57 Å². The van der Waals surface area contributed by atoms with E-state index in [1.807, 2.05) is 18.2 Å². The predicted molar refractivity (Wildman–Crippen MR) is 102 cm³/mol. The highest BCUT2D eigenvalue weighted by Crippen LogP contribution is 2.34. The number of pyridine rings is 1. The van der Waals surface area contributed by atoms with Gasteiger partial charge in [-0.25, -0.2) is 9.78 Å². The normalized spacial score (nSPS) is 13.8. The molecule has 1 amide bonds. The number of carbonyl (C=O) groups is 1. The van der Waals surface area contributed by atoms with Gasteiger partial charge in [-0.2, -0.15) is 0 Å². The minimum Gasteiger partial charge on any atom is -0.322 e. The van der Waals surface area contributed by atoms with Crippen LogP contribution < -0.4 is 16.6 Å². The van der Waals surface area contributed by atoms with Gasteiger partial charge in [-0.1, -0.05) is 6.07 Å². The maximum Gasteiger partial charge on any atom is 0.330 e. The summed E-state index contributed by atoms with van der Waals surface area (Å²) in [4.78, 5) is 43.1. The summed E-state index contributed by atoms with van der Waals surface area (Å²) in [6, 6.07) is 8.93. The molecule has 0 bridgehead atoms. The Balaban J connectivity index is 1.75. The lowest BCUT2D eigenvalue weighted by molar-refractivity contribution is 0.102. The van der Waals surface area contributed by atoms with Crippen molar-refractivity contribution in [2.45, 2.75) is 18.9 Å². The number of aromatic amines is 1. The highest BCUT2D eigenvalue weighted by atomic mass is 127. The predicted octanol–water partition coefficient (Wildman–Crippen LogP) is 2.28. The van der Waals surface area contributed by atoms with Gasteiger partial charge in [-0.3, -0.25) is 19.1 Å². The molecule has 2 aromatic heterocycles. The van der Waals surface area contributed by atoms with Crippen molar-refractivity contribution >= 4 is 45.2 Å². The van der Waals surface area contributed by atoms with E-state index in [1.54, 1.807) is 6.07 Å². The molecule has 0 saturated heterocycles. The van der Waals surface area contributed by atoms with Gasteiger partial charge >= 0.3 is 5.69 Å². The van der Waals surface area contributed by atoms with Crippen molar-refractivity contribution in [2.75, 3.05) is 5.32 Å². The van der Waals surface area contributed by atoms with E-state index < -0.39 is 11.2 Å². The van der Waals surface area contributed by atoms with Crippen LogP contribution in [0.25, 0.3) is 11.0 Å². The summed E-state index contributed by atoms with van der Waals surface area (Å²) in [5, 5.41) is 3.02. The molecule has 8 heteroatoms. The summed E-state index contributed by atoms with van der Waals surface area (Å²) in [6.45, 7) is 0. The number of H-pyrrole nitrogens is 1. The first-order valence-electron chi connectivity index (χ1n) is 7.74. The molecule has 25 heavy (non-hydrogen) atoms. The zero-order chi connectivity index (χ0) is 17.6. The molecule has 1 saturated carbocycles. The topological polar surface area (TPSA) is 96.8 Å². The molecule has 1 aromatic carbocycles. The van der Waals surface area contributed by atoms with Crippen LogP contribution in [0.5, 0.6) is 0 Å². The first-order chi connectivity index (χ1) is 12.0. The summed E-state index contributed by atoms with van der Waals surface area (Å²) < 4.78 is 2.50. The van der Waals surface area contributed by atoms with Gasteiger partial charge in [0.25, 0.3) is 11.5 Å². The number of aromatic nitrogens is 3. The third kappa shape index (κ3) is 3.09. The minimum atomic E-state index is -0.534. The quantitative estimate of drug-likeness (QED) is 0.601. The van der Waals surface area contributed by atoms with Crippen molar-refractivity contribution in [1.82, 2.24) is 14.5 Å². The Morgan fingerprint density at radius 2 is 2.08 bits per heavy atom. The SMILES string of the molecule is O=C(Nc1cccc(I)c1)c1cnc2c(c1)c(=O)[nH]c(=O)n2C1CC1. The molecule has 3 aromatic rings. The maximum atomic E-state index is 12.4. The van der Waals surface area contributed by atoms with Crippen LogP contribution >= 0.6 is 22.6 Å². The number of nitrogens with zero attached hydrogens (tertiary/aromatic N) is 2. The molecule has 7 nitrogen and oxygen atoms in total. The van der Waals surface area contributed by atoms with E-state index in [0.717, 1.165) is 16.4 Å². The van der Waals surface area contributed by atoms with Crippen LogP contribution in [0.4, 0.5) is 5.69 Å². The average Bonchev–Trinajstić information content (AvgIpc) is 3.39. The molecular formula is C17H13IN4O3. The molecule has 1 fully saturated rings. The zero-order valence-electron chi connectivity index (χ0n) is 13.0. The van der Waals surface area contributed by atoms with E-state index in [0.29, 0.717) is 11.3 Å². The molecule has 126 valence electrons. The Hall–Kier alpha value is -2.49. The molecule has 1 aliphatic rings. The summed E-state index contributed by atoms with van der Waals surface area (Å²) >= 11 is 2.16. The standard InChI is InChI=1S/C17H13IN4O3/c18-10-2-1-3-11(7-10)20-15(23)9-6-13-14(19-8-9)22(12-4-5-12)17(25)21-16(13)24/h1-3,6-8,12H,4-5H2,(H,20,23)(H,21,24,25). The van der Waals surface area contributed by atoms with Crippen molar-refractivity contribution < 1.29 is 4.79 Å². The molecule has 0 unspecified atom stereocenters. The van der Waals surface area contributed by atoms with Gasteiger partial charge in [-0.05, 0) is 59.7 Å². The smallest absolute Gasteiger partial charge is 0.322 e. The van der Waals surface area contributed by atoms with E-state index in [4.69, 9.17) is 0 Å². The first-order valence-corrected chi connectivity index (χ1v) is 8.82. The van der Waals surface area contributed by atoms with Crippen molar-refractivity contribution in [2.24, 2.45) is 0 Å². The van der Waals surface area contributed by atoms with E-state index in [1.165, 1.54) is 16.8 Å². The van der Waals surface area contributed by atoms with E-state index in [9.17, 15) is 14.4 Å². The monoisotopic (exact) mass is 448 g/mol. The Morgan fingerprint density at radius 3 is 2.80 bits per heavy atom. The fourth-order valence-corrected chi connectivity index (χ4v) is 3.25. The molecular weight excluding hydrogens is 435 g/mol. The molecule has 1 aliphatic carbocycles. The van der Waals surface area contributed by atoms with Gasteiger partial charge in [0.1, 0.15) is 5.65 Å². The summed E-state index contributed by atoms with van der Waals surface area (Å²) in [7, 11) is 0. The number of anilines is 1. The van der Waals surface area contributed by atoms with Gasteiger partial charge < -0.3 is 5.32 Å². The van der Waals surface area contributed by atoms with E-state index >= 15 is 0 Å². The number of halogens is 1. The van der Waals surface area contributed by atoms with Crippen LogP contribution in [-0.4, -0.2) is 20.4 Å². The van der Waals surface area contributed by atoms with Crippen LogP contribution in [0.1, 0.15) is 29.2 Å². The van der Waals surface area contributed by atoms with Crippen molar-refractivity contribution in [1.29, 1.82) is 0 Å². The zero-order valence-corrected chi connectivity index (χ0v) is 15.1. The van der Waals surface area contributed by atoms with Crippen LogP contribution in [0.3, 0.4) is 0 Å².